The first-order chi connectivity index (χ1) is 46.6. The summed E-state index contributed by atoms with van der Waals surface area (Å²) in [5, 5.41) is 0. The molecule has 7 aromatic rings. The zero-order valence-electron chi connectivity index (χ0n) is 53.4. The van der Waals surface area contributed by atoms with Crippen LogP contribution in [0.5, 0.6) is 23.0 Å². The second-order valence-corrected chi connectivity index (χ2v) is 31.5. The van der Waals surface area contributed by atoms with E-state index in [1.54, 1.807) is 72.8 Å². The first kappa shape index (κ1) is 72.0. The molecule has 0 saturated carbocycles. The Morgan fingerprint density at radius 3 is 1.44 bits per heavy atom. The molecule has 23 nitrogen and oxygen atoms in total. The molecular formula is C67H80F2N6O17P2S2. The van der Waals surface area contributed by atoms with Crippen LogP contribution in [0.1, 0.15) is 161 Å². The van der Waals surface area contributed by atoms with Crippen LogP contribution in [0.2, 0.25) is 0 Å². The Labute approximate surface area is 562 Å². The van der Waals surface area contributed by atoms with Crippen molar-refractivity contribution in [2.45, 2.75) is 177 Å². The van der Waals surface area contributed by atoms with E-state index >= 15 is 17.9 Å². The van der Waals surface area contributed by atoms with E-state index in [2.05, 4.69) is 28.8 Å². The highest BCUT2D eigenvalue weighted by Crippen LogP contribution is 2.67. The van der Waals surface area contributed by atoms with Crippen LogP contribution in [-0.2, 0) is 48.2 Å². The predicted octanol–water partition coefficient (Wildman–Crippen LogP) is 15.1. The fourth-order valence-electron chi connectivity index (χ4n) is 11.0. The van der Waals surface area contributed by atoms with Crippen molar-refractivity contribution in [3.05, 3.63) is 165 Å². The number of benzene rings is 4. The van der Waals surface area contributed by atoms with Crippen LogP contribution < -0.4 is 36.1 Å². The average molecular weight is 1410 g/mol. The number of fused-ring (bicyclic) bond motifs is 3. The van der Waals surface area contributed by atoms with E-state index < -0.39 is 99.3 Å². The van der Waals surface area contributed by atoms with Gasteiger partial charge in [-0.1, -0.05) is 128 Å². The first-order valence-corrected chi connectivity index (χ1v) is 38.8. The van der Waals surface area contributed by atoms with Crippen LogP contribution in [0.3, 0.4) is 0 Å². The number of alkyl halides is 2. The van der Waals surface area contributed by atoms with Crippen molar-refractivity contribution in [3.8, 4) is 23.0 Å². The van der Waals surface area contributed by atoms with Gasteiger partial charge in [0, 0.05) is 23.8 Å². The summed E-state index contributed by atoms with van der Waals surface area (Å²) in [4.78, 5) is 64.0. The molecule has 3 fully saturated rings. The number of hydrogen-bond acceptors (Lipinski definition) is 23. The fraction of sp³-hybridized carbons (Fsp3) is 0.478. The lowest BCUT2D eigenvalue weighted by molar-refractivity contribution is -0.0570. The number of ether oxygens (including phenoxy) is 6. The molecule has 10 atom stereocenters. The van der Waals surface area contributed by atoms with E-state index in [1.807, 2.05) is 0 Å². The van der Waals surface area contributed by atoms with E-state index in [0.29, 0.717) is 74.3 Å². The number of hydrogen-bond donors (Lipinski definition) is 1. The summed E-state index contributed by atoms with van der Waals surface area (Å²) in [7, 11) is 0. The molecule has 3 aliphatic rings. The molecule has 10 rings (SSSR count). The number of carbonyl (C=O) groups excluding carboxylic acids is 2. The normalized spacial score (nSPS) is 23.5. The van der Waals surface area contributed by atoms with E-state index in [9.17, 15) is 19.2 Å². The average Bonchev–Trinajstić information content (AvgIpc) is 1.62. The van der Waals surface area contributed by atoms with Crippen LogP contribution in [0.4, 0.5) is 14.6 Å². The summed E-state index contributed by atoms with van der Waals surface area (Å²) in [5.41, 5.74) is 6.86. The second kappa shape index (κ2) is 35.1. The second-order valence-electron chi connectivity index (χ2n) is 23.4. The molecule has 29 heteroatoms. The molecule has 0 spiro atoms. The third-order valence-corrected chi connectivity index (χ3v) is 23.6. The van der Waals surface area contributed by atoms with Crippen LogP contribution in [0, 0.1) is 0 Å². The van der Waals surface area contributed by atoms with Gasteiger partial charge in [0.15, 0.2) is 36.3 Å². The Morgan fingerprint density at radius 2 is 0.990 bits per heavy atom. The molecule has 516 valence electrons. The van der Waals surface area contributed by atoms with Crippen molar-refractivity contribution in [1.82, 2.24) is 24.1 Å². The van der Waals surface area contributed by atoms with E-state index in [0.717, 1.165) is 44.3 Å². The highest BCUT2D eigenvalue weighted by molar-refractivity contribution is 8.55. The van der Waals surface area contributed by atoms with Gasteiger partial charge in [-0.2, -0.15) is 0 Å². The minimum absolute atomic E-state index is 0.0109. The van der Waals surface area contributed by atoms with Crippen molar-refractivity contribution in [2.75, 3.05) is 32.2 Å². The number of nitrogen functional groups attached to an aromatic ring is 1. The molecule has 3 aliphatic heterocycles. The lowest BCUT2D eigenvalue weighted by Crippen LogP contribution is -2.37. The lowest BCUT2D eigenvalue weighted by atomic mass is 10.1. The third-order valence-electron chi connectivity index (χ3n) is 16.3. The van der Waals surface area contributed by atoms with Crippen molar-refractivity contribution in [2.24, 2.45) is 0 Å². The Morgan fingerprint density at radius 1 is 0.562 bits per heavy atom. The monoisotopic (exact) mass is 1400 g/mol. The van der Waals surface area contributed by atoms with Gasteiger partial charge in [0.1, 0.15) is 59.3 Å². The zero-order valence-corrected chi connectivity index (χ0v) is 56.9. The summed E-state index contributed by atoms with van der Waals surface area (Å²) in [6.07, 6.45) is 7.17. The highest BCUT2D eigenvalue weighted by Gasteiger charge is 2.55. The predicted molar refractivity (Wildman–Crippen MR) is 358 cm³/mol. The molecule has 4 aromatic carbocycles. The van der Waals surface area contributed by atoms with Crippen molar-refractivity contribution < 1.29 is 78.4 Å². The van der Waals surface area contributed by atoms with Gasteiger partial charge in [0.05, 0.1) is 43.9 Å². The number of unbranched alkanes of at least 4 members (excludes halogenated alkanes) is 14. The van der Waals surface area contributed by atoms with Crippen molar-refractivity contribution in [3.63, 3.8) is 0 Å². The van der Waals surface area contributed by atoms with Crippen LogP contribution in [0.25, 0.3) is 11.2 Å². The van der Waals surface area contributed by atoms with Crippen LogP contribution in [0.15, 0.2) is 136 Å². The highest BCUT2D eigenvalue weighted by atomic mass is 32.7. The van der Waals surface area contributed by atoms with E-state index in [1.165, 1.54) is 112 Å². The van der Waals surface area contributed by atoms with Crippen molar-refractivity contribution >= 4 is 65.3 Å². The zero-order chi connectivity index (χ0) is 67.4. The Kier molecular flexibility index (Phi) is 26.3. The smallest absolute Gasteiger partial charge is 0.424 e. The third kappa shape index (κ3) is 19.7. The van der Waals surface area contributed by atoms with Gasteiger partial charge in [-0.3, -0.25) is 27.2 Å². The van der Waals surface area contributed by atoms with Gasteiger partial charge in [0.25, 0.3) is 0 Å². The SMILES string of the molecule is CCCCCCCCCCOc1ccc(C(=O)Oc2ccc(CSP3(=O)OC[C@H]4O[C@@H](n5ccc(=O)oc5=O)C(F)[C@H]4OP(=O)(SCc4ccc(OC(=O)c5ccc(OCCCCCCCCCC)cc5)cc4)OC[C@H]4O[C@@H](n5cnc6c(N)ncnc65)[C@@H](F)C4O3)cc2)cc1. The maximum absolute atomic E-state index is 17.5. The quantitative estimate of drug-likeness (QED) is 0.0177. The number of rotatable bonds is 32. The largest absolute Gasteiger partial charge is 0.494 e. The summed E-state index contributed by atoms with van der Waals surface area (Å²) in [5.74, 6) is -1.15. The number of nitrogens with zero attached hydrogens (tertiary/aromatic N) is 5. The molecule has 4 unspecified atom stereocenters. The molecule has 96 heavy (non-hydrogen) atoms. The first-order valence-electron chi connectivity index (χ1n) is 32.6. The van der Waals surface area contributed by atoms with Crippen molar-refractivity contribution in [1.29, 1.82) is 0 Å². The minimum Gasteiger partial charge on any atom is -0.494 e. The van der Waals surface area contributed by atoms with Gasteiger partial charge in [-0.05, 0) is 120 Å². The number of nitrogens with two attached hydrogens (primary N) is 1. The summed E-state index contributed by atoms with van der Waals surface area (Å²) >= 11 is 1.24. The Bertz CT molecular complexity index is 3870. The van der Waals surface area contributed by atoms with Gasteiger partial charge >= 0.3 is 36.9 Å². The number of carbonyl (C=O) groups is 2. The Balaban J connectivity index is 0.825. The van der Waals surface area contributed by atoms with E-state index in [-0.39, 0.29) is 40.0 Å². The molecule has 0 amide bonds. The lowest BCUT2D eigenvalue weighted by Gasteiger charge is -2.30. The molecule has 3 aromatic heterocycles. The van der Waals surface area contributed by atoms with E-state index in [4.69, 9.17) is 56.7 Å². The summed E-state index contributed by atoms with van der Waals surface area (Å²) in [6.45, 7) is -5.54. The molecule has 0 aliphatic carbocycles. The maximum Gasteiger partial charge on any atom is 0.424 e. The number of halogens is 2. The molecule has 2 N–H and O–H groups in total. The van der Waals surface area contributed by atoms with Crippen LogP contribution in [-0.4, -0.2) is 99.2 Å². The molecule has 0 radical (unpaired) electrons. The maximum atomic E-state index is 17.5. The topological polar surface area (TPSA) is 282 Å². The van der Waals surface area contributed by atoms with Gasteiger partial charge in [-0.25, -0.2) is 52.0 Å². The number of imidazole rings is 1. The molecule has 0 bridgehead atoms. The van der Waals surface area contributed by atoms with Gasteiger partial charge in [-0.15, -0.1) is 0 Å². The van der Waals surface area contributed by atoms with Gasteiger partial charge in [0.2, 0.25) is 0 Å². The standard InChI is InChI=1S/C67H80F2N6O17P2S2/c1-3-5-7-9-11-13-15-17-37-82-49-31-23-47(24-32-49)65(77)86-51-27-19-45(20-28-51)41-95-93(80)85-40-54-60(57(69)64(89-54)75-44-73-58-61(70)71-43-72-62(58)75)92-94(81,84-39-53-59(91-93)56(68)63(88-53)74-36-35-55(76)90-67(74)79)96-42-46-21-29-52(30-22-46)87-66(78)48-25-33-50(34-26-48)83-38-18-16-14-12-10-8-6-4-2/h19-36,43-44,53-54,56-57,59-60,63-64H,3-18,37-42H2,1-2H3,(H2,70,71,72)/t53-,54-,56?,57+,59+,60?,63-,64-,93?,94?/m1/s1. The summed E-state index contributed by atoms with van der Waals surface area (Å²) in [6, 6.07) is 26.7. The fourth-order valence-corrected chi connectivity index (χ4v) is 17.7. The number of aromatic nitrogens is 5. The summed E-state index contributed by atoms with van der Waals surface area (Å²) < 4.78 is 132. The minimum atomic E-state index is -4.74. The molecule has 6 heterocycles. The van der Waals surface area contributed by atoms with Crippen LogP contribution >= 0.6 is 36.4 Å². The molecular weight excluding hydrogens is 1320 g/mol. The molecule has 3 saturated heterocycles. The number of anilines is 1. The number of esters is 2. The Hall–Kier alpha value is -6.77. The van der Waals surface area contributed by atoms with Gasteiger partial charge < -0.3 is 38.6 Å².